The van der Waals surface area contributed by atoms with Gasteiger partial charge in [-0.15, -0.1) is 0 Å². The first-order valence-electron chi connectivity index (χ1n) is 7.16. The molecular weight excluding hydrogens is 236 g/mol. The van der Waals surface area contributed by atoms with E-state index < -0.39 is 0 Å². The van der Waals surface area contributed by atoms with Gasteiger partial charge in [0.25, 0.3) is 0 Å². The summed E-state index contributed by atoms with van der Waals surface area (Å²) < 4.78 is 0. The van der Waals surface area contributed by atoms with E-state index in [-0.39, 0.29) is 11.8 Å². The third-order valence-corrected chi connectivity index (χ3v) is 4.16. The SMILES string of the molecule is CC(CC(=O)N1CC(CN)CC1C)c1ccccc1. The predicted octanol–water partition coefficient (Wildman–Crippen LogP) is 2.38. The molecule has 1 aliphatic rings. The minimum atomic E-state index is 0.264. The van der Waals surface area contributed by atoms with Crippen molar-refractivity contribution in [3.63, 3.8) is 0 Å². The van der Waals surface area contributed by atoms with Crippen molar-refractivity contribution in [2.45, 2.75) is 38.6 Å². The number of hydrogen-bond acceptors (Lipinski definition) is 2. The molecule has 3 unspecified atom stereocenters. The van der Waals surface area contributed by atoms with E-state index in [1.54, 1.807) is 0 Å². The molecular formula is C16H24N2O. The Bertz CT molecular complexity index is 418. The van der Waals surface area contributed by atoms with E-state index in [4.69, 9.17) is 5.73 Å². The number of rotatable bonds is 4. The first-order valence-corrected chi connectivity index (χ1v) is 7.16. The van der Waals surface area contributed by atoms with Crippen LogP contribution in [0.1, 0.15) is 38.2 Å². The minimum absolute atomic E-state index is 0.264. The van der Waals surface area contributed by atoms with Crippen LogP contribution in [0.3, 0.4) is 0 Å². The number of carbonyl (C=O) groups excluding carboxylic acids is 1. The Morgan fingerprint density at radius 3 is 2.68 bits per heavy atom. The van der Waals surface area contributed by atoms with Crippen LogP contribution >= 0.6 is 0 Å². The first kappa shape index (κ1) is 14.1. The molecule has 0 radical (unpaired) electrons. The van der Waals surface area contributed by atoms with E-state index in [0.717, 1.165) is 13.0 Å². The van der Waals surface area contributed by atoms with Gasteiger partial charge in [-0.1, -0.05) is 37.3 Å². The summed E-state index contributed by atoms with van der Waals surface area (Å²) in [4.78, 5) is 14.4. The highest BCUT2D eigenvalue weighted by Crippen LogP contribution is 2.26. The molecule has 3 nitrogen and oxygen atoms in total. The molecule has 3 atom stereocenters. The Labute approximate surface area is 115 Å². The van der Waals surface area contributed by atoms with Crippen molar-refractivity contribution in [1.82, 2.24) is 4.90 Å². The smallest absolute Gasteiger partial charge is 0.223 e. The summed E-state index contributed by atoms with van der Waals surface area (Å²) >= 11 is 0. The normalized spacial score (nSPS) is 24.5. The lowest BCUT2D eigenvalue weighted by Gasteiger charge is -2.23. The number of carbonyl (C=O) groups is 1. The van der Waals surface area contributed by atoms with E-state index in [0.29, 0.717) is 24.9 Å². The van der Waals surface area contributed by atoms with Gasteiger partial charge in [0.15, 0.2) is 0 Å². The van der Waals surface area contributed by atoms with Crippen LogP contribution in [0, 0.1) is 5.92 Å². The van der Waals surface area contributed by atoms with E-state index in [1.807, 2.05) is 23.1 Å². The Balaban J connectivity index is 1.94. The summed E-state index contributed by atoms with van der Waals surface area (Å²) in [5, 5.41) is 0. The highest BCUT2D eigenvalue weighted by Gasteiger charge is 2.31. The largest absolute Gasteiger partial charge is 0.340 e. The van der Waals surface area contributed by atoms with Crippen molar-refractivity contribution in [2.75, 3.05) is 13.1 Å². The van der Waals surface area contributed by atoms with Crippen LogP contribution in [-0.2, 0) is 4.79 Å². The molecule has 1 aromatic rings. The fourth-order valence-electron chi connectivity index (χ4n) is 2.94. The standard InChI is InChI=1S/C16H24N2O/c1-12(15-6-4-3-5-7-15)8-16(19)18-11-14(10-17)9-13(18)2/h3-7,12-14H,8-11,17H2,1-2H3. The average molecular weight is 260 g/mol. The van der Waals surface area contributed by atoms with Crippen molar-refractivity contribution in [2.24, 2.45) is 11.7 Å². The number of hydrogen-bond donors (Lipinski definition) is 1. The molecule has 0 spiro atoms. The van der Waals surface area contributed by atoms with Crippen molar-refractivity contribution in [1.29, 1.82) is 0 Å². The van der Waals surface area contributed by atoms with Gasteiger partial charge in [-0.2, -0.15) is 0 Å². The second kappa shape index (κ2) is 6.20. The highest BCUT2D eigenvalue weighted by atomic mass is 16.2. The van der Waals surface area contributed by atoms with E-state index in [9.17, 15) is 4.79 Å². The maximum Gasteiger partial charge on any atom is 0.223 e. The van der Waals surface area contributed by atoms with Gasteiger partial charge in [-0.3, -0.25) is 4.79 Å². The van der Waals surface area contributed by atoms with Gasteiger partial charge in [-0.25, -0.2) is 0 Å². The monoisotopic (exact) mass is 260 g/mol. The van der Waals surface area contributed by atoms with Gasteiger partial charge in [0, 0.05) is 19.0 Å². The second-order valence-corrected chi connectivity index (χ2v) is 5.75. The van der Waals surface area contributed by atoms with E-state index in [2.05, 4.69) is 26.0 Å². The fourth-order valence-corrected chi connectivity index (χ4v) is 2.94. The lowest BCUT2D eigenvalue weighted by atomic mass is 9.97. The molecule has 19 heavy (non-hydrogen) atoms. The number of likely N-dealkylation sites (tertiary alicyclic amines) is 1. The molecule has 104 valence electrons. The Morgan fingerprint density at radius 2 is 2.11 bits per heavy atom. The summed E-state index contributed by atoms with van der Waals surface area (Å²) in [5.41, 5.74) is 6.95. The van der Waals surface area contributed by atoms with Gasteiger partial charge in [0.1, 0.15) is 0 Å². The van der Waals surface area contributed by atoms with Crippen LogP contribution in [0.2, 0.25) is 0 Å². The quantitative estimate of drug-likeness (QED) is 0.903. The predicted molar refractivity (Wildman–Crippen MR) is 77.8 cm³/mol. The first-order chi connectivity index (χ1) is 9.11. The van der Waals surface area contributed by atoms with E-state index >= 15 is 0 Å². The average Bonchev–Trinajstić information content (AvgIpc) is 2.81. The van der Waals surface area contributed by atoms with Crippen LogP contribution in [0.5, 0.6) is 0 Å². The molecule has 2 N–H and O–H groups in total. The summed E-state index contributed by atoms with van der Waals surface area (Å²) in [6.07, 6.45) is 1.63. The molecule has 1 aliphatic heterocycles. The minimum Gasteiger partial charge on any atom is -0.340 e. The fraction of sp³-hybridized carbons (Fsp3) is 0.562. The van der Waals surface area contributed by atoms with Crippen LogP contribution in [0.15, 0.2) is 30.3 Å². The summed E-state index contributed by atoms with van der Waals surface area (Å²) in [5.74, 6) is 1.02. The Morgan fingerprint density at radius 1 is 1.42 bits per heavy atom. The lowest BCUT2D eigenvalue weighted by Crippen LogP contribution is -2.35. The van der Waals surface area contributed by atoms with Crippen molar-refractivity contribution >= 4 is 5.91 Å². The molecule has 0 saturated carbocycles. The van der Waals surface area contributed by atoms with Gasteiger partial charge >= 0.3 is 0 Å². The molecule has 1 saturated heterocycles. The molecule has 2 rings (SSSR count). The molecule has 3 heteroatoms. The van der Waals surface area contributed by atoms with Crippen LogP contribution in [-0.4, -0.2) is 29.9 Å². The van der Waals surface area contributed by atoms with Crippen molar-refractivity contribution in [3.05, 3.63) is 35.9 Å². The molecule has 1 heterocycles. The van der Waals surface area contributed by atoms with Crippen molar-refractivity contribution in [3.8, 4) is 0 Å². The third-order valence-electron chi connectivity index (χ3n) is 4.16. The summed E-state index contributed by atoms with van der Waals surface area (Å²) in [6.45, 7) is 5.76. The van der Waals surface area contributed by atoms with Crippen LogP contribution in [0.25, 0.3) is 0 Å². The van der Waals surface area contributed by atoms with E-state index in [1.165, 1.54) is 5.56 Å². The molecule has 1 amide bonds. The summed E-state index contributed by atoms with van der Waals surface area (Å²) in [7, 11) is 0. The lowest BCUT2D eigenvalue weighted by molar-refractivity contribution is -0.132. The van der Waals surface area contributed by atoms with Crippen molar-refractivity contribution < 1.29 is 4.79 Å². The maximum atomic E-state index is 12.4. The Hall–Kier alpha value is -1.35. The van der Waals surface area contributed by atoms with Crippen LogP contribution < -0.4 is 5.73 Å². The topological polar surface area (TPSA) is 46.3 Å². The molecule has 0 aliphatic carbocycles. The molecule has 0 aromatic heterocycles. The number of nitrogens with zero attached hydrogens (tertiary/aromatic N) is 1. The van der Waals surface area contributed by atoms with Crippen LogP contribution in [0.4, 0.5) is 0 Å². The second-order valence-electron chi connectivity index (χ2n) is 5.75. The number of nitrogens with two attached hydrogens (primary N) is 1. The third kappa shape index (κ3) is 3.35. The van der Waals surface area contributed by atoms with Gasteiger partial charge in [0.05, 0.1) is 0 Å². The zero-order valence-corrected chi connectivity index (χ0v) is 11.9. The highest BCUT2D eigenvalue weighted by molar-refractivity contribution is 5.77. The number of benzene rings is 1. The molecule has 0 bridgehead atoms. The Kier molecular flexibility index (Phi) is 4.59. The molecule has 1 aromatic carbocycles. The zero-order chi connectivity index (χ0) is 13.8. The molecule has 1 fully saturated rings. The van der Waals surface area contributed by atoms with Gasteiger partial charge < -0.3 is 10.6 Å². The zero-order valence-electron chi connectivity index (χ0n) is 11.9. The number of amides is 1. The maximum absolute atomic E-state index is 12.4. The summed E-state index contributed by atoms with van der Waals surface area (Å²) in [6, 6.07) is 10.6. The van der Waals surface area contributed by atoms with Gasteiger partial charge in [0.2, 0.25) is 5.91 Å². The van der Waals surface area contributed by atoms with Gasteiger partial charge in [-0.05, 0) is 37.3 Å².